The summed E-state index contributed by atoms with van der Waals surface area (Å²) < 4.78 is 0. The van der Waals surface area contributed by atoms with E-state index in [0.717, 1.165) is 0 Å². The summed E-state index contributed by atoms with van der Waals surface area (Å²) >= 11 is 5.55. The Labute approximate surface area is 79.3 Å². The van der Waals surface area contributed by atoms with Crippen molar-refractivity contribution in [3.63, 3.8) is 0 Å². The predicted octanol–water partition coefficient (Wildman–Crippen LogP) is 0.558. The summed E-state index contributed by atoms with van der Waals surface area (Å²) in [4.78, 5) is 26.0. The van der Waals surface area contributed by atoms with Gasteiger partial charge >= 0.3 is 0 Å². The number of isocyanates is 1. The van der Waals surface area contributed by atoms with Crippen molar-refractivity contribution in [3.8, 4) is 0 Å². The van der Waals surface area contributed by atoms with Gasteiger partial charge in [-0.1, -0.05) is 0 Å². The zero-order chi connectivity index (χ0) is 9.84. The first-order valence-corrected chi connectivity index (χ1v) is 3.68. The third-order valence-electron chi connectivity index (χ3n) is 1.13. The summed E-state index contributed by atoms with van der Waals surface area (Å²) in [6, 6.07) is 0. The van der Waals surface area contributed by atoms with E-state index in [0.29, 0.717) is 5.95 Å². The molecule has 13 heavy (non-hydrogen) atoms. The fraction of sp³-hybridized carbons (Fsp3) is 0.333. The maximum Gasteiger partial charge on any atom is 0.266 e. The highest BCUT2D eigenvalue weighted by atomic mass is 35.5. The molecule has 0 atom stereocenters. The van der Waals surface area contributed by atoms with Crippen LogP contribution in [0.25, 0.3) is 0 Å². The monoisotopic (exact) mass is 199 g/mol. The summed E-state index contributed by atoms with van der Waals surface area (Å²) in [7, 11) is 3.47. The molecule has 0 spiro atoms. The van der Waals surface area contributed by atoms with Crippen LogP contribution in [0.1, 0.15) is 0 Å². The Bertz CT molecular complexity index is 360. The van der Waals surface area contributed by atoms with E-state index in [1.54, 1.807) is 19.0 Å². The van der Waals surface area contributed by atoms with Crippen molar-refractivity contribution in [2.75, 3.05) is 19.0 Å². The zero-order valence-electron chi connectivity index (χ0n) is 7.02. The standard InChI is InChI=1S/C6H6ClN5O/c1-12(2)6-10-4(7)9-5(11-6)8-3-13/h1-2H3. The first-order valence-electron chi connectivity index (χ1n) is 3.30. The maximum absolute atomic E-state index is 9.92. The van der Waals surface area contributed by atoms with Gasteiger partial charge in [-0.05, 0) is 11.6 Å². The van der Waals surface area contributed by atoms with E-state index in [9.17, 15) is 4.79 Å². The molecule has 1 heterocycles. The quantitative estimate of drug-likeness (QED) is 0.514. The Morgan fingerprint density at radius 3 is 2.62 bits per heavy atom. The predicted molar refractivity (Wildman–Crippen MR) is 46.9 cm³/mol. The topological polar surface area (TPSA) is 71.3 Å². The molecule has 0 aliphatic carbocycles. The van der Waals surface area contributed by atoms with Crippen molar-refractivity contribution < 1.29 is 4.79 Å². The number of hydrogen-bond acceptors (Lipinski definition) is 6. The molecule has 6 nitrogen and oxygen atoms in total. The Morgan fingerprint density at radius 2 is 2.08 bits per heavy atom. The molecule has 0 aliphatic heterocycles. The molecule has 1 aromatic rings. The van der Waals surface area contributed by atoms with Gasteiger partial charge in [-0.25, -0.2) is 4.79 Å². The van der Waals surface area contributed by atoms with E-state index in [4.69, 9.17) is 11.6 Å². The lowest BCUT2D eigenvalue weighted by Gasteiger charge is -2.08. The summed E-state index contributed by atoms with van der Waals surface area (Å²) in [6.45, 7) is 0. The second-order valence-corrected chi connectivity index (χ2v) is 2.64. The minimum atomic E-state index is -0.0429. The number of carbonyl (C=O) groups excluding carboxylic acids is 1. The van der Waals surface area contributed by atoms with E-state index < -0.39 is 0 Å². The molecule has 0 bridgehead atoms. The second kappa shape index (κ2) is 3.93. The third kappa shape index (κ3) is 2.47. The number of rotatable bonds is 2. The van der Waals surface area contributed by atoms with Crippen LogP contribution < -0.4 is 4.90 Å². The molecule has 0 amide bonds. The lowest BCUT2D eigenvalue weighted by atomic mass is 10.8. The van der Waals surface area contributed by atoms with Gasteiger partial charge in [0.1, 0.15) is 0 Å². The van der Waals surface area contributed by atoms with E-state index in [1.165, 1.54) is 6.08 Å². The number of anilines is 1. The van der Waals surface area contributed by atoms with Crippen LogP contribution in [0, 0.1) is 0 Å². The molecule has 0 N–H and O–H groups in total. The number of aliphatic imine (C=N–C) groups is 1. The van der Waals surface area contributed by atoms with Gasteiger partial charge in [-0.15, -0.1) is 4.99 Å². The highest BCUT2D eigenvalue weighted by Crippen LogP contribution is 2.12. The van der Waals surface area contributed by atoms with Crippen LogP contribution in [-0.2, 0) is 4.79 Å². The molecular weight excluding hydrogens is 194 g/mol. The molecule has 0 unspecified atom stereocenters. The summed E-state index contributed by atoms with van der Waals surface area (Å²) in [5.74, 6) is 0.299. The lowest BCUT2D eigenvalue weighted by molar-refractivity contribution is 0.565. The average Bonchev–Trinajstić information content (AvgIpc) is 2.03. The van der Waals surface area contributed by atoms with Gasteiger partial charge in [-0.3, -0.25) is 0 Å². The molecule has 1 rings (SSSR count). The van der Waals surface area contributed by atoms with Crippen molar-refractivity contribution in [2.45, 2.75) is 0 Å². The second-order valence-electron chi connectivity index (χ2n) is 2.30. The van der Waals surface area contributed by atoms with Gasteiger partial charge in [0.25, 0.3) is 5.95 Å². The van der Waals surface area contributed by atoms with Crippen molar-refractivity contribution >= 4 is 29.6 Å². The highest BCUT2D eigenvalue weighted by molar-refractivity contribution is 6.28. The van der Waals surface area contributed by atoms with Crippen molar-refractivity contribution in [2.24, 2.45) is 4.99 Å². The minimum absolute atomic E-state index is 0.00676. The molecular formula is C6H6ClN5O. The molecule has 0 saturated heterocycles. The molecule has 0 radical (unpaired) electrons. The smallest absolute Gasteiger partial charge is 0.266 e. The van der Waals surface area contributed by atoms with Gasteiger partial charge in [0.05, 0.1) is 0 Å². The first kappa shape index (κ1) is 9.57. The highest BCUT2D eigenvalue weighted by Gasteiger charge is 2.04. The summed E-state index contributed by atoms with van der Waals surface area (Å²) in [5.41, 5.74) is 0. The van der Waals surface area contributed by atoms with Gasteiger partial charge in [0.15, 0.2) is 0 Å². The molecule has 0 aliphatic rings. The maximum atomic E-state index is 9.92. The fourth-order valence-electron chi connectivity index (χ4n) is 0.620. The van der Waals surface area contributed by atoms with Crippen LogP contribution in [0.5, 0.6) is 0 Å². The molecule has 68 valence electrons. The van der Waals surface area contributed by atoms with Gasteiger partial charge < -0.3 is 4.90 Å². The largest absolute Gasteiger partial charge is 0.347 e. The van der Waals surface area contributed by atoms with Gasteiger partial charge in [-0.2, -0.15) is 15.0 Å². The normalized spacial score (nSPS) is 9.15. The molecule has 1 aromatic heterocycles. The number of halogens is 1. The third-order valence-corrected chi connectivity index (χ3v) is 1.30. The average molecular weight is 200 g/mol. The van der Waals surface area contributed by atoms with Crippen LogP contribution in [0.15, 0.2) is 4.99 Å². The first-order chi connectivity index (χ1) is 6.13. The van der Waals surface area contributed by atoms with E-state index in [2.05, 4.69) is 19.9 Å². The van der Waals surface area contributed by atoms with Crippen LogP contribution >= 0.6 is 11.6 Å². The molecule has 0 fully saturated rings. The van der Waals surface area contributed by atoms with Gasteiger partial charge in [0.2, 0.25) is 17.3 Å². The van der Waals surface area contributed by atoms with Crippen LogP contribution in [-0.4, -0.2) is 35.1 Å². The lowest BCUT2D eigenvalue weighted by Crippen LogP contribution is -2.13. The van der Waals surface area contributed by atoms with E-state index in [1.807, 2.05) is 0 Å². The van der Waals surface area contributed by atoms with Crippen LogP contribution in [0.3, 0.4) is 0 Å². The molecule has 0 saturated carbocycles. The summed E-state index contributed by atoms with van der Waals surface area (Å²) in [6.07, 6.45) is 1.32. The van der Waals surface area contributed by atoms with Crippen LogP contribution in [0.4, 0.5) is 11.9 Å². The molecule has 7 heteroatoms. The Balaban J connectivity index is 3.18. The Kier molecular flexibility index (Phi) is 2.89. The zero-order valence-corrected chi connectivity index (χ0v) is 7.78. The minimum Gasteiger partial charge on any atom is -0.347 e. The van der Waals surface area contributed by atoms with E-state index in [-0.39, 0.29) is 11.2 Å². The summed E-state index contributed by atoms with van der Waals surface area (Å²) in [5, 5.41) is -0.00676. The van der Waals surface area contributed by atoms with Crippen molar-refractivity contribution in [1.82, 2.24) is 15.0 Å². The fourth-order valence-corrected chi connectivity index (χ4v) is 0.771. The number of aromatic nitrogens is 3. The number of nitrogens with zero attached hydrogens (tertiary/aromatic N) is 5. The Hall–Kier alpha value is -1.52. The van der Waals surface area contributed by atoms with Crippen molar-refractivity contribution in [3.05, 3.63) is 5.28 Å². The molecule has 0 aromatic carbocycles. The van der Waals surface area contributed by atoms with Gasteiger partial charge in [0, 0.05) is 14.1 Å². The van der Waals surface area contributed by atoms with Crippen LogP contribution in [0.2, 0.25) is 5.28 Å². The Morgan fingerprint density at radius 1 is 1.38 bits per heavy atom. The number of hydrogen-bond donors (Lipinski definition) is 0. The van der Waals surface area contributed by atoms with E-state index >= 15 is 0 Å². The van der Waals surface area contributed by atoms with Crippen molar-refractivity contribution in [1.29, 1.82) is 0 Å². The SMILES string of the molecule is CN(C)c1nc(Cl)nc(N=C=O)n1.